The van der Waals surface area contributed by atoms with Crippen LogP contribution in [0.15, 0.2) is 42.7 Å². The number of carbonyl (C=O) groups is 1. The van der Waals surface area contributed by atoms with Crippen LogP contribution in [0.5, 0.6) is 0 Å². The van der Waals surface area contributed by atoms with Crippen LogP contribution in [0.25, 0.3) is 22.2 Å². The first kappa shape index (κ1) is 19.3. The van der Waals surface area contributed by atoms with Crippen molar-refractivity contribution in [2.24, 2.45) is 0 Å². The largest absolute Gasteiger partial charge is 0.391 e. The van der Waals surface area contributed by atoms with Gasteiger partial charge in [0.1, 0.15) is 0 Å². The number of nitrogens with zero attached hydrogens (tertiary/aromatic N) is 3. The van der Waals surface area contributed by atoms with Crippen molar-refractivity contribution >= 4 is 16.8 Å². The molecule has 1 aliphatic heterocycles. The van der Waals surface area contributed by atoms with E-state index in [4.69, 9.17) is 5.26 Å². The number of aliphatic hydroxyl groups excluding tert-OH is 1. The lowest BCUT2D eigenvalue weighted by Crippen LogP contribution is -2.46. The van der Waals surface area contributed by atoms with Crippen LogP contribution < -0.4 is 5.32 Å². The summed E-state index contributed by atoms with van der Waals surface area (Å²) in [7, 11) is 0. The summed E-state index contributed by atoms with van der Waals surface area (Å²) in [6.07, 6.45) is 3.25. The summed E-state index contributed by atoms with van der Waals surface area (Å²) in [5.41, 5.74) is 5.42. The third kappa shape index (κ3) is 3.93. The lowest BCUT2D eigenvalue weighted by molar-refractivity contribution is -0.121. The Morgan fingerprint density at radius 1 is 1.38 bits per heavy atom. The second kappa shape index (κ2) is 8.16. The van der Waals surface area contributed by atoms with Crippen LogP contribution in [0.2, 0.25) is 0 Å². The van der Waals surface area contributed by atoms with Gasteiger partial charge in [-0.05, 0) is 61.2 Å². The summed E-state index contributed by atoms with van der Waals surface area (Å²) in [4.78, 5) is 17.1. The maximum absolute atomic E-state index is 12.6. The third-order valence-electron chi connectivity index (χ3n) is 5.69. The predicted molar refractivity (Wildman–Crippen MR) is 111 cm³/mol. The lowest BCUT2D eigenvalue weighted by atomic mass is 9.96. The number of benzene rings is 2. The van der Waals surface area contributed by atoms with Crippen molar-refractivity contribution < 1.29 is 9.90 Å². The highest BCUT2D eigenvalue weighted by molar-refractivity contribution is 5.88. The fraction of sp³-hybridized carbons (Fsp3) is 0.348. The van der Waals surface area contributed by atoms with Crippen molar-refractivity contribution in [2.45, 2.75) is 44.9 Å². The monoisotopic (exact) mass is 388 g/mol. The van der Waals surface area contributed by atoms with Crippen LogP contribution in [0.1, 0.15) is 30.4 Å². The molecule has 0 aliphatic carbocycles. The zero-order valence-corrected chi connectivity index (χ0v) is 16.4. The number of aliphatic hydroxyl groups is 1. The molecule has 148 valence electrons. The first-order valence-electron chi connectivity index (χ1n) is 9.95. The molecule has 2 aromatic carbocycles. The molecule has 2 atom stereocenters. The van der Waals surface area contributed by atoms with Crippen molar-refractivity contribution in [3.8, 4) is 17.2 Å². The van der Waals surface area contributed by atoms with Gasteiger partial charge in [-0.3, -0.25) is 4.79 Å². The van der Waals surface area contributed by atoms with Crippen LogP contribution in [-0.4, -0.2) is 39.1 Å². The first-order valence-corrected chi connectivity index (χ1v) is 9.95. The number of rotatable bonds is 5. The van der Waals surface area contributed by atoms with Gasteiger partial charge in [0.05, 0.1) is 41.6 Å². The molecule has 6 heteroatoms. The molecule has 1 aromatic heterocycles. The van der Waals surface area contributed by atoms with E-state index in [1.54, 1.807) is 12.4 Å². The number of ketones is 1. The minimum absolute atomic E-state index is 0.0752. The van der Waals surface area contributed by atoms with Gasteiger partial charge in [-0.2, -0.15) is 5.26 Å². The molecule has 1 saturated heterocycles. The summed E-state index contributed by atoms with van der Waals surface area (Å²) < 4.78 is 1.87. The number of hydrogen-bond acceptors (Lipinski definition) is 5. The zero-order valence-electron chi connectivity index (χ0n) is 16.4. The van der Waals surface area contributed by atoms with E-state index in [0.29, 0.717) is 12.0 Å². The zero-order chi connectivity index (χ0) is 20.4. The standard InChI is InChI=1S/C23H24N4O2/c1-15-19(17-5-2-4-16(10-17)12-24)7-8-21-23(15)26-14-27(21)13-18(28)11-20-22(29)6-3-9-25-20/h2,4-5,7-8,10,14,20,22,25,29H,3,6,9,11,13H2,1H3/t20-,22+/m1/s1. The van der Waals surface area contributed by atoms with Crippen LogP contribution >= 0.6 is 0 Å². The van der Waals surface area contributed by atoms with Crippen molar-refractivity contribution in [1.82, 2.24) is 14.9 Å². The lowest BCUT2D eigenvalue weighted by Gasteiger charge is -2.28. The Morgan fingerprint density at radius 2 is 2.24 bits per heavy atom. The number of fused-ring (bicyclic) bond motifs is 1. The predicted octanol–water partition coefficient (Wildman–Crippen LogP) is 2.96. The summed E-state index contributed by atoms with van der Waals surface area (Å²) in [5.74, 6) is 0.0752. The van der Waals surface area contributed by atoms with Gasteiger partial charge in [0.25, 0.3) is 0 Å². The van der Waals surface area contributed by atoms with Gasteiger partial charge in [0, 0.05) is 12.5 Å². The Hall–Kier alpha value is -3.01. The fourth-order valence-corrected chi connectivity index (χ4v) is 4.11. The Bertz CT molecular complexity index is 1100. The molecule has 0 radical (unpaired) electrons. The Kier molecular flexibility index (Phi) is 5.43. The van der Waals surface area contributed by atoms with E-state index >= 15 is 0 Å². The van der Waals surface area contributed by atoms with Gasteiger partial charge in [-0.1, -0.05) is 18.2 Å². The van der Waals surface area contributed by atoms with E-state index in [0.717, 1.165) is 47.1 Å². The number of piperidine rings is 1. The Balaban J connectivity index is 1.57. The van der Waals surface area contributed by atoms with E-state index in [1.165, 1.54) is 0 Å². The quantitative estimate of drug-likeness (QED) is 0.701. The number of Topliss-reactive ketones (excluding diaryl/α,β-unsaturated/α-hetero) is 1. The number of hydrogen-bond donors (Lipinski definition) is 2. The average molecular weight is 388 g/mol. The molecule has 1 fully saturated rings. The first-order chi connectivity index (χ1) is 14.1. The van der Waals surface area contributed by atoms with Gasteiger partial charge in [0.15, 0.2) is 5.78 Å². The molecule has 3 aromatic rings. The van der Waals surface area contributed by atoms with Crippen LogP contribution in [0.3, 0.4) is 0 Å². The van der Waals surface area contributed by atoms with Gasteiger partial charge in [0.2, 0.25) is 0 Å². The van der Waals surface area contributed by atoms with Crippen molar-refractivity contribution in [3.63, 3.8) is 0 Å². The maximum Gasteiger partial charge on any atom is 0.154 e. The summed E-state index contributed by atoms with van der Waals surface area (Å²) in [6.45, 7) is 3.10. The molecule has 0 bridgehead atoms. The molecular formula is C23H24N4O2. The molecule has 6 nitrogen and oxygen atoms in total. The molecule has 0 unspecified atom stereocenters. The SMILES string of the molecule is Cc1c(-c2cccc(C#N)c2)ccc2c1ncn2CC(=O)C[C@H]1NCCC[C@@H]1O. The minimum Gasteiger partial charge on any atom is -0.391 e. The number of aromatic nitrogens is 2. The maximum atomic E-state index is 12.6. The normalized spacial score (nSPS) is 19.2. The van der Waals surface area contributed by atoms with E-state index in [9.17, 15) is 9.90 Å². The molecule has 2 heterocycles. The van der Waals surface area contributed by atoms with Crippen molar-refractivity contribution in [3.05, 3.63) is 53.9 Å². The number of nitrogens with one attached hydrogen (secondary N) is 1. The molecule has 0 amide bonds. The van der Waals surface area contributed by atoms with Crippen LogP contribution in [0.4, 0.5) is 0 Å². The second-order valence-electron chi connectivity index (χ2n) is 7.68. The second-order valence-corrected chi connectivity index (χ2v) is 7.68. The summed E-state index contributed by atoms with van der Waals surface area (Å²) in [6, 6.07) is 13.5. The highest BCUT2D eigenvalue weighted by Crippen LogP contribution is 2.29. The van der Waals surface area contributed by atoms with Crippen molar-refractivity contribution in [1.29, 1.82) is 5.26 Å². The molecule has 29 heavy (non-hydrogen) atoms. The molecule has 0 saturated carbocycles. The van der Waals surface area contributed by atoms with Gasteiger partial charge < -0.3 is 15.0 Å². The average Bonchev–Trinajstić information content (AvgIpc) is 3.13. The minimum atomic E-state index is -0.457. The molecular weight excluding hydrogens is 364 g/mol. The highest BCUT2D eigenvalue weighted by Gasteiger charge is 2.25. The van der Waals surface area contributed by atoms with E-state index in [1.807, 2.05) is 41.8 Å². The summed E-state index contributed by atoms with van der Waals surface area (Å²) in [5, 5.41) is 22.5. The molecule has 1 aliphatic rings. The van der Waals surface area contributed by atoms with Gasteiger partial charge in [-0.15, -0.1) is 0 Å². The van der Waals surface area contributed by atoms with E-state index in [-0.39, 0.29) is 18.4 Å². The van der Waals surface area contributed by atoms with Crippen molar-refractivity contribution in [2.75, 3.05) is 6.54 Å². The third-order valence-corrected chi connectivity index (χ3v) is 5.69. The number of aryl methyl sites for hydroxylation is 1. The van der Waals surface area contributed by atoms with E-state index in [2.05, 4.69) is 16.4 Å². The number of nitriles is 1. The molecule has 2 N–H and O–H groups in total. The smallest absolute Gasteiger partial charge is 0.154 e. The van der Waals surface area contributed by atoms with Crippen LogP contribution in [-0.2, 0) is 11.3 Å². The molecule has 4 rings (SSSR count). The Morgan fingerprint density at radius 3 is 3.03 bits per heavy atom. The van der Waals surface area contributed by atoms with Gasteiger partial charge in [-0.25, -0.2) is 4.98 Å². The topological polar surface area (TPSA) is 90.9 Å². The highest BCUT2D eigenvalue weighted by atomic mass is 16.3. The van der Waals surface area contributed by atoms with E-state index < -0.39 is 6.10 Å². The van der Waals surface area contributed by atoms with Crippen LogP contribution in [0, 0.1) is 18.3 Å². The number of imidazole rings is 1. The number of carbonyl (C=O) groups excluding carboxylic acids is 1. The summed E-state index contributed by atoms with van der Waals surface area (Å²) >= 11 is 0. The fourth-order valence-electron chi connectivity index (χ4n) is 4.11. The Labute approximate surface area is 169 Å². The molecule has 0 spiro atoms. The van der Waals surface area contributed by atoms with Gasteiger partial charge >= 0.3 is 0 Å².